The first kappa shape index (κ1) is 12.6. The molecule has 2 rings (SSSR count). The maximum absolute atomic E-state index is 11.6. The molecule has 0 amide bonds. The Kier molecular flexibility index (Phi) is 3.66. The van der Waals surface area contributed by atoms with Crippen LogP contribution < -0.4 is 5.32 Å². The molecule has 0 saturated heterocycles. The minimum atomic E-state index is 0.0349. The first-order valence-electron chi connectivity index (χ1n) is 6.43. The van der Waals surface area contributed by atoms with E-state index in [4.69, 9.17) is 5.26 Å². The van der Waals surface area contributed by atoms with Crippen LogP contribution in [0.1, 0.15) is 49.0 Å². The van der Waals surface area contributed by atoms with E-state index in [1.54, 1.807) is 25.1 Å². The summed E-state index contributed by atoms with van der Waals surface area (Å²) in [5.74, 6) is 0.656. The third-order valence-corrected chi connectivity index (χ3v) is 3.73. The van der Waals surface area contributed by atoms with Crippen LogP contribution >= 0.6 is 0 Å². The van der Waals surface area contributed by atoms with Crippen LogP contribution in [0, 0.1) is 17.2 Å². The molecule has 3 nitrogen and oxygen atoms in total. The van der Waals surface area contributed by atoms with E-state index in [0.717, 1.165) is 12.1 Å². The fourth-order valence-electron chi connectivity index (χ4n) is 2.60. The smallest absolute Gasteiger partial charge is 0.161 e. The zero-order valence-corrected chi connectivity index (χ0v) is 10.9. The number of nitrogens with zero attached hydrogens (tertiary/aromatic N) is 1. The lowest BCUT2D eigenvalue weighted by Crippen LogP contribution is -2.23. The van der Waals surface area contributed by atoms with Crippen LogP contribution in [0.3, 0.4) is 0 Å². The molecule has 0 aliphatic heterocycles. The van der Waals surface area contributed by atoms with E-state index in [0.29, 0.717) is 23.1 Å². The van der Waals surface area contributed by atoms with Crippen molar-refractivity contribution in [3.8, 4) is 6.07 Å². The number of carbonyl (C=O) groups excluding carboxylic acids is 1. The third-order valence-electron chi connectivity index (χ3n) is 3.73. The molecule has 0 radical (unpaired) electrons. The number of benzene rings is 1. The standard InChI is InChI=1S/C15H18N2O/c1-10-4-3-5-14(10)17-15-8-12(9-16)6-7-13(15)11(2)18/h6-8,10,14,17H,3-5H2,1-2H3. The Bertz CT molecular complexity index is 502. The monoisotopic (exact) mass is 242 g/mol. The minimum Gasteiger partial charge on any atom is -0.381 e. The van der Waals surface area contributed by atoms with Gasteiger partial charge < -0.3 is 5.32 Å². The number of hydrogen-bond donors (Lipinski definition) is 1. The number of anilines is 1. The van der Waals surface area contributed by atoms with Crippen LogP contribution in [-0.4, -0.2) is 11.8 Å². The van der Waals surface area contributed by atoms with Crippen molar-refractivity contribution in [2.75, 3.05) is 5.32 Å². The van der Waals surface area contributed by atoms with Crippen molar-refractivity contribution in [2.24, 2.45) is 5.92 Å². The van der Waals surface area contributed by atoms with Gasteiger partial charge in [0.1, 0.15) is 0 Å². The van der Waals surface area contributed by atoms with Gasteiger partial charge in [-0.25, -0.2) is 0 Å². The first-order valence-corrected chi connectivity index (χ1v) is 6.43. The van der Waals surface area contributed by atoms with Crippen LogP contribution in [0.2, 0.25) is 0 Å². The van der Waals surface area contributed by atoms with E-state index in [9.17, 15) is 4.79 Å². The Balaban J connectivity index is 2.29. The van der Waals surface area contributed by atoms with Gasteiger partial charge in [0, 0.05) is 17.3 Å². The SMILES string of the molecule is CC(=O)c1ccc(C#N)cc1NC1CCCC1C. The number of nitriles is 1. The fourth-order valence-corrected chi connectivity index (χ4v) is 2.60. The summed E-state index contributed by atoms with van der Waals surface area (Å²) in [6.45, 7) is 3.79. The summed E-state index contributed by atoms with van der Waals surface area (Å²) >= 11 is 0. The van der Waals surface area contributed by atoms with Gasteiger partial charge in [-0.2, -0.15) is 5.26 Å². The third kappa shape index (κ3) is 2.53. The van der Waals surface area contributed by atoms with Gasteiger partial charge in [-0.05, 0) is 43.9 Å². The molecular weight excluding hydrogens is 224 g/mol. The Hall–Kier alpha value is -1.82. The molecule has 0 aromatic heterocycles. The quantitative estimate of drug-likeness (QED) is 0.827. The van der Waals surface area contributed by atoms with E-state index in [2.05, 4.69) is 18.3 Å². The van der Waals surface area contributed by atoms with Crippen molar-refractivity contribution in [2.45, 2.75) is 39.2 Å². The van der Waals surface area contributed by atoms with E-state index >= 15 is 0 Å². The van der Waals surface area contributed by atoms with Gasteiger partial charge in [0.2, 0.25) is 0 Å². The van der Waals surface area contributed by atoms with E-state index < -0.39 is 0 Å². The van der Waals surface area contributed by atoms with E-state index in [1.807, 2.05) is 0 Å². The molecule has 1 aliphatic rings. The molecular formula is C15H18N2O. The summed E-state index contributed by atoms with van der Waals surface area (Å²) in [6.07, 6.45) is 3.59. The van der Waals surface area contributed by atoms with Crippen molar-refractivity contribution >= 4 is 11.5 Å². The summed E-state index contributed by atoms with van der Waals surface area (Å²) in [5.41, 5.74) is 2.07. The molecule has 1 fully saturated rings. The van der Waals surface area contributed by atoms with E-state index in [1.165, 1.54) is 12.8 Å². The highest BCUT2D eigenvalue weighted by molar-refractivity contribution is 5.99. The number of rotatable bonds is 3. The second-order valence-electron chi connectivity index (χ2n) is 5.09. The lowest BCUT2D eigenvalue weighted by atomic mass is 10.0. The number of ketones is 1. The van der Waals surface area contributed by atoms with Crippen LogP contribution in [-0.2, 0) is 0 Å². The molecule has 1 aromatic rings. The number of nitrogens with one attached hydrogen (secondary N) is 1. The molecule has 2 unspecified atom stereocenters. The summed E-state index contributed by atoms with van der Waals surface area (Å²) in [6, 6.07) is 7.75. The zero-order chi connectivity index (χ0) is 13.1. The Morgan fingerprint density at radius 1 is 1.44 bits per heavy atom. The summed E-state index contributed by atoms with van der Waals surface area (Å²) in [7, 11) is 0. The van der Waals surface area contributed by atoms with Gasteiger partial charge in [0.25, 0.3) is 0 Å². The molecule has 0 bridgehead atoms. The van der Waals surface area contributed by atoms with Gasteiger partial charge in [-0.1, -0.05) is 13.3 Å². The van der Waals surface area contributed by atoms with Gasteiger partial charge in [-0.15, -0.1) is 0 Å². The highest BCUT2D eigenvalue weighted by atomic mass is 16.1. The molecule has 0 heterocycles. The summed E-state index contributed by atoms with van der Waals surface area (Å²) in [4.78, 5) is 11.6. The molecule has 1 saturated carbocycles. The Morgan fingerprint density at radius 2 is 2.22 bits per heavy atom. The summed E-state index contributed by atoms with van der Waals surface area (Å²) < 4.78 is 0. The van der Waals surface area contributed by atoms with Crippen LogP contribution in [0.4, 0.5) is 5.69 Å². The second-order valence-corrected chi connectivity index (χ2v) is 5.09. The lowest BCUT2D eigenvalue weighted by molar-refractivity contribution is 0.101. The molecule has 1 aromatic carbocycles. The second kappa shape index (κ2) is 5.22. The van der Waals surface area contributed by atoms with Crippen molar-refractivity contribution in [1.82, 2.24) is 0 Å². The van der Waals surface area contributed by atoms with Gasteiger partial charge >= 0.3 is 0 Å². The predicted molar refractivity (Wildman–Crippen MR) is 71.6 cm³/mol. The molecule has 0 spiro atoms. The maximum Gasteiger partial charge on any atom is 0.161 e. The Labute approximate surface area is 108 Å². The van der Waals surface area contributed by atoms with Gasteiger partial charge in [-0.3, -0.25) is 4.79 Å². The minimum absolute atomic E-state index is 0.0349. The molecule has 1 N–H and O–H groups in total. The average Bonchev–Trinajstić information content (AvgIpc) is 2.74. The largest absolute Gasteiger partial charge is 0.381 e. The van der Waals surface area contributed by atoms with E-state index in [-0.39, 0.29) is 5.78 Å². The normalized spacial score (nSPS) is 22.5. The van der Waals surface area contributed by atoms with Crippen LogP contribution in [0.5, 0.6) is 0 Å². The Morgan fingerprint density at radius 3 is 2.78 bits per heavy atom. The highest BCUT2D eigenvalue weighted by Crippen LogP contribution is 2.29. The number of Topliss-reactive ketones (excluding diaryl/α,β-unsaturated/α-hetero) is 1. The predicted octanol–water partition coefficient (Wildman–Crippen LogP) is 3.36. The topological polar surface area (TPSA) is 52.9 Å². The van der Waals surface area contributed by atoms with Crippen molar-refractivity contribution < 1.29 is 4.79 Å². The molecule has 2 atom stereocenters. The molecule has 1 aliphatic carbocycles. The van der Waals surface area contributed by atoms with Crippen molar-refractivity contribution in [3.05, 3.63) is 29.3 Å². The molecule has 3 heteroatoms. The number of carbonyl (C=O) groups is 1. The van der Waals surface area contributed by atoms with Crippen molar-refractivity contribution in [3.63, 3.8) is 0 Å². The highest BCUT2D eigenvalue weighted by Gasteiger charge is 2.24. The fraction of sp³-hybridized carbons (Fsp3) is 0.467. The van der Waals surface area contributed by atoms with Crippen molar-refractivity contribution in [1.29, 1.82) is 5.26 Å². The molecule has 94 valence electrons. The molecule has 18 heavy (non-hydrogen) atoms. The van der Waals surface area contributed by atoms with Crippen LogP contribution in [0.25, 0.3) is 0 Å². The summed E-state index contributed by atoms with van der Waals surface area (Å²) in [5, 5.41) is 12.4. The average molecular weight is 242 g/mol. The van der Waals surface area contributed by atoms with Gasteiger partial charge in [0.05, 0.1) is 11.6 Å². The first-order chi connectivity index (χ1) is 8.61. The van der Waals surface area contributed by atoms with Gasteiger partial charge in [0.15, 0.2) is 5.78 Å². The number of hydrogen-bond acceptors (Lipinski definition) is 3. The maximum atomic E-state index is 11.6. The van der Waals surface area contributed by atoms with Crippen LogP contribution in [0.15, 0.2) is 18.2 Å². The lowest BCUT2D eigenvalue weighted by Gasteiger charge is -2.20. The zero-order valence-electron chi connectivity index (χ0n) is 10.9.